The van der Waals surface area contributed by atoms with Crippen LogP contribution in [-0.2, 0) is 4.79 Å². The van der Waals surface area contributed by atoms with Gasteiger partial charge in [-0.3, -0.25) is 4.79 Å². The van der Waals surface area contributed by atoms with Gasteiger partial charge in [0.15, 0.2) is 0 Å². The van der Waals surface area contributed by atoms with E-state index in [9.17, 15) is 20.1 Å². The summed E-state index contributed by atoms with van der Waals surface area (Å²) >= 11 is 0. The van der Waals surface area contributed by atoms with E-state index in [1.54, 1.807) is 0 Å². The lowest BCUT2D eigenvalue weighted by molar-refractivity contribution is -0.124. The Bertz CT molecular complexity index is 488. The molecule has 5 heteroatoms. The number of amides is 1. The minimum atomic E-state index is -1.12. The lowest BCUT2D eigenvalue weighted by atomic mass is 10.00. The zero-order valence-electron chi connectivity index (χ0n) is 25.6. The molecule has 0 unspecified atom stereocenters. The smallest absolute Gasteiger partial charge is 0.220 e. The maximum absolute atomic E-state index is 12.2. The summed E-state index contributed by atoms with van der Waals surface area (Å²) in [5, 5.41) is 32.6. The fourth-order valence-corrected chi connectivity index (χ4v) is 5.28. The second-order valence-corrected chi connectivity index (χ2v) is 11.7. The Balaban J connectivity index is 3.45. The summed E-state index contributed by atoms with van der Waals surface area (Å²) in [5.41, 5.74) is 0. The normalized spacial score (nSPS) is 13.9. The van der Waals surface area contributed by atoms with Crippen LogP contribution in [-0.4, -0.2) is 46.1 Å². The Morgan fingerprint density at radius 1 is 0.553 bits per heavy atom. The van der Waals surface area contributed by atoms with Gasteiger partial charge in [-0.15, -0.1) is 0 Å². The molecule has 0 spiro atoms. The number of carbonyl (C=O) groups excluding carboxylic acids is 1. The monoisotopic (exact) mass is 542 g/mol. The summed E-state index contributed by atoms with van der Waals surface area (Å²) in [7, 11) is 0. The van der Waals surface area contributed by atoms with Crippen LogP contribution < -0.4 is 5.32 Å². The third-order valence-electron chi connectivity index (χ3n) is 7.96. The van der Waals surface area contributed by atoms with Crippen LogP contribution in [0, 0.1) is 0 Å². The van der Waals surface area contributed by atoms with Crippen molar-refractivity contribution in [3.05, 3.63) is 0 Å². The van der Waals surface area contributed by atoms with Crippen LogP contribution in [0.3, 0.4) is 0 Å². The molecule has 0 radical (unpaired) electrons. The van der Waals surface area contributed by atoms with E-state index in [4.69, 9.17) is 0 Å². The van der Waals surface area contributed by atoms with Gasteiger partial charge in [0, 0.05) is 6.42 Å². The summed E-state index contributed by atoms with van der Waals surface area (Å²) in [6.07, 6.45) is 29.8. The molecule has 5 nitrogen and oxygen atoms in total. The van der Waals surface area contributed by atoms with Crippen molar-refractivity contribution in [2.24, 2.45) is 0 Å². The first-order chi connectivity index (χ1) is 18.6. The van der Waals surface area contributed by atoms with Crippen LogP contribution in [0.1, 0.15) is 181 Å². The molecule has 0 aromatic heterocycles. The first-order valence-electron chi connectivity index (χ1n) is 16.8. The van der Waals surface area contributed by atoms with Gasteiger partial charge >= 0.3 is 0 Å². The zero-order valence-corrected chi connectivity index (χ0v) is 25.6. The van der Waals surface area contributed by atoms with Gasteiger partial charge in [-0.2, -0.15) is 0 Å². The van der Waals surface area contributed by atoms with E-state index in [0.29, 0.717) is 12.8 Å². The number of carbonyl (C=O) groups is 1. The largest absolute Gasteiger partial charge is 0.394 e. The molecule has 0 saturated carbocycles. The zero-order chi connectivity index (χ0) is 28.1. The summed E-state index contributed by atoms with van der Waals surface area (Å²) in [6, 6.07) is -0.797. The van der Waals surface area contributed by atoms with Gasteiger partial charge in [0.2, 0.25) is 5.91 Å². The average molecular weight is 542 g/mol. The predicted molar refractivity (Wildman–Crippen MR) is 162 cm³/mol. The summed E-state index contributed by atoms with van der Waals surface area (Å²) in [5.74, 6) is -0.151. The lowest BCUT2D eigenvalue weighted by Gasteiger charge is -2.26. The summed E-state index contributed by atoms with van der Waals surface area (Å²) < 4.78 is 0. The van der Waals surface area contributed by atoms with Crippen molar-refractivity contribution in [2.45, 2.75) is 199 Å². The molecule has 1 amide bonds. The summed E-state index contributed by atoms with van der Waals surface area (Å²) in [6.45, 7) is 4.00. The minimum absolute atomic E-state index is 0.151. The highest BCUT2D eigenvalue weighted by atomic mass is 16.3. The van der Waals surface area contributed by atoms with Crippen molar-refractivity contribution < 1.29 is 20.1 Å². The van der Waals surface area contributed by atoms with Crippen molar-refractivity contribution in [3.8, 4) is 0 Å². The molecular weight excluding hydrogens is 474 g/mol. The van der Waals surface area contributed by atoms with Gasteiger partial charge < -0.3 is 20.6 Å². The highest BCUT2D eigenvalue weighted by Crippen LogP contribution is 2.15. The van der Waals surface area contributed by atoms with Crippen LogP contribution >= 0.6 is 0 Å². The Morgan fingerprint density at radius 2 is 0.895 bits per heavy atom. The second-order valence-electron chi connectivity index (χ2n) is 11.7. The molecule has 0 fully saturated rings. The lowest BCUT2D eigenvalue weighted by Crippen LogP contribution is -2.50. The number of aliphatic hydroxyl groups excluding tert-OH is 3. The van der Waals surface area contributed by atoms with E-state index in [0.717, 1.165) is 38.5 Å². The first kappa shape index (κ1) is 37.4. The van der Waals surface area contributed by atoms with Gasteiger partial charge in [-0.1, -0.05) is 162 Å². The number of hydrogen-bond donors (Lipinski definition) is 4. The Kier molecular flexibility index (Phi) is 28.8. The van der Waals surface area contributed by atoms with E-state index >= 15 is 0 Å². The molecular formula is C33H67NO4. The number of nitrogens with one attached hydrogen (secondary N) is 1. The number of unbranched alkanes of at least 4 members (excludes halogenated alkanes) is 22. The SMILES string of the molecule is CCCCCCCCCCCCCCCCCCCCCCCC(=O)N[C@@H](CO)[C@H](O)[C@H](O)CCCCC. The maximum Gasteiger partial charge on any atom is 0.220 e. The molecule has 0 heterocycles. The van der Waals surface area contributed by atoms with Crippen molar-refractivity contribution in [3.63, 3.8) is 0 Å². The maximum atomic E-state index is 12.2. The fraction of sp³-hybridized carbons (Fsp3) is 0.970. The third-order valence-corrected chi connectivity index (χ3v) is 7.96. The fourth-order valence-electron chi connectivity index (χ4n) is 5.28. The Morgan fingerprint density at radius 3 is 1.26 bits per heavy atom. The predicted octanol–water partition coefficient (Wildman–Crippen LogP) is 8.37. The molecule has 0 aromatic rings. The molecule has 38 heavy (non-hydrogen) atoms. The molecule has 0 rings (SSSR count). The average Bonchev–Trinajstić information content (AvgIpc) is 2.92. The van der Waals surface area contributed by atoms with Crippen molar-refractivity contribution in [1.82, 2.24) is 5.32 Å². The number of aliphatic hydroxyl groups is 3. The van der Waals surface area contributed by atoms with Crippen LogP contribution in [0.25, 0.3) is 0 Å². The Labute approximate surface area is 237 Å². The molecule has 4 N–H and O–H groups in total. The van der Waals surface area contributed by atoms with Gasteiger partial charge in [0.25, 0.3) is 0 Å². The highest BCUT2D eigenvalue weighted by Gasteiger charge is 2.26. The standard InChI is InChI=1S/C33H67NO4/c1-3-5-7-8-9-10-11-12-13-14-15-16-17-18-19-20-21-22-23-24-26-28-32(37)34-30(29-35)33(38)31(36)27-25-6-4-2/h30-31,33,35-36,38H,3-29H2,1-2H3,(H,34,37)/t30-,31+,33-/m0/s1. The third kappa shape index (κ3) is 24.4. The van der Waals surface area contributed by atoms with Crippen molar-refractivity contribution in [1.29, 1.82) is 0 Å². The van der Waals surface area contributed by atoms with Crippen LogP contribution in [0.15, 0.2) is 0 Å². The molecule has 3 atom stereocenters. The molecule has 228 valence electrons. The topological polar surface area (TPSA) is 89.8 Å². The van der Waals surface area contributed by atoms with Crippen LogP contribution in [0.5, 0.6) is 0 Å². The van der Waals surface area contributed by atoms with E-state index in [2.05, 4.69) is 19.2 Å². The molecule has 0 aliphatic heterocycles. The molecule has 0 aliphatic carbocycles. The quantitative estimate of drug-likeness (QED) is 0.0688. The van der Waals surface area contributed by atoms with Gasteiger partial charge in [0.05, 0.1) is 18.8 Å². The van der Waals surface area contributed by atoms with Gasteiger partial charge in [-0.05, 0) is 12.8 Å². The van der Waals surface area contributed by atoms with Gasteiger partial charge in [-0.25, -0.2) is 0 Å². The molecule has 0 aromatic carbocycles. The van der Waals surface area contributed by atoms with Crippen molar-refractivity contribution in [2.75, 3.05) is 6.61 Å². The highest BCUT2D eigenvalue weighted by molar-refractivity contribution is 5.76. The first-order valence-corrected chi connectivity index (χ1v) is 16.8. The van der Waals surface area contributed by atoms with Gasteiger partial charge in [0.1, 0.15) is 6.10 Å². The number of hydrogen-bond acceptors (Lipinski definition) is 4. The van der Waals surface area contributed by atoms with Crippen LogP contribution in [0.4, 0.5) is 0 Å². The molecule has 0 bridgehead atoms. The van der Waals surface area contributed by atoms with E-state index in [1.165, 1.54) is 116 Å². The minimum Gasteiger partial charge on any atom is -0.394 e. The Hall–Kier alpha value is -0.650. The molecule has 0 aliphatic rings. The summed E-state index contributed by atoms with van der Waals surface area (Å²) in [4.78, 5) is 12.2. The van der Waals surface area contributed by atoms with Crippen molar-refractivity contribution >= 4 is 5.91 Å². The number of rotatable bonds is 30. The van der Waals surface area contributed by atoms with E-state index < -0.39 is 18.2 Å². The van der Waals surface area contributed by atoms with E-state index in [-0.39, 0.29) is 12.5 Å². The second kappa shape index (κ2) is 29.3. The molecule has 0 saturated heterocycles. The van der Waals surface area contributed by atoms with E-state index in [1.807, 2.05) is 0 Å². The van der Waals surface area contributed by atoms with Crippen LogP contribution in [0.2, 0.25) is 0 Å².